The molecule has 7 aromatic rings. The Morgan fingerprint density at radius 1 is 0.265 bits per heavy atom. The fourth-order valence-electron chi connectivity index (χ4n) is 12.6. The van der Waals surface area contributed by atoms with Gasteiger partial charge in [0.25, 0.3) is 25.0 Å². The summed E-state index contributed by atoms with van der Waals surface area (Å²) in [7, 11) is -9.23. The van der Waals surface area contributed by atoms with Crippen LogP contribution in [0.2, 0.25) is 15.1 Å². The summed E-state index contributed by atoms with van der Waals surface area (Å²) in [5.41, 5.74) is 0.578. The van der Waals surface area contributed by atoms with E-state index in [1.165, 1.54) is 0 Å². The van der Waals surface area contributed by atoms with Crippen LogP contribution in [0.3, 0.4) is 0 Å². The van der Waals surface area contributed by atoms with Crippen LogP contribution in [0.25, 0.3) is 0 Å². The normalized spacial score (nSPS) is 12.5. The van der Waals surface area contributed by atoms with Gasteiger partial charge in [-0.1, -0.05) is 224 Å². The third kappa shape index (κ3) is 23.6. The predicted octanol–water partition coefficient (Wildman–Crippen LogP) is 9.40. The molecule has 0 aliphatic carbocycles. The van der Waals surface area contributed by atoms with Gasteiger partial charge in [0.2, 0.25) is 5.75 Å². The lowest BCUT2D eigenvalue weighted by Gasteiger charge is -2.41. The van der Waals surface area contributed by atoms with Crippen LogP contribution in [0.1, 0.15) is 85.6 Å². The Morgan fingerprint density at radius 2 is 0.459 bits per heavy atom. The van der Waals surface area contributed by atoms with Gasteiger partial charge < -0.3 is 76.3 Å². The maximum atomic E-state index is 12.5. The van der Waals surface area contributed by atoms with Crippen molar-refractivity contribution in [2.24, 2.45) is 0 Å². The summed E-state index contributed by atoms with van der Waals surface area (Å²) in [6.45, 7) is 20.7. The SMILES string of the molecule is CC(C)(CCCOCCOCCOCCOc1cc(CO)cc(OCCOCCOCCOCCCC(C)(C)[Si](O)(c2ccccc2)c2ccccc2)c1OCCOCCOCCOCCCC(C)(C)[Si](O)(c1ccccc1)c1ccccc1)[Si](O)(c1ccccc1)c1ccccc1. The van der Waals surface area contributed by atoms with Crippen molar-refractivity contribution in [2.45, 2.75) is 102 Å². The van der Waals surface area contributed by atoms with Crippen molar-refractivity contribution in [1.82, 2.24) is 0 Å². The quantitative estimate of drug-likeness (QED) is 0.0208. The molecule has 0 aromatic heterocycles. The fourth-order valence-corrected chi connectivity index (χ4v) is 24.0. The summed E-state index contributed by atoms with van der Waals surface area (Å²) in [6, 6.07) is 64.0. The average Bonchev–Trinajstić information content (AvgIpc) is 0.770. The molecule has 98 heavy (non-hydrogen) atoms. The smallest absolute Gasteiger partial charge is 0.258 e. The van der Waals surface area contributed by atoms with E-state index in [0.29, 0.717) is 122 Å². The minimum Gasteiger partial charge on any atom is -0.487 e. The standard InChI is InChI=1S/C79H110O16Si3/c1-77(2,96(81,68-28-13-7-14-29-68)69-30-15-8-16-31-69)40-25-43-84-46-49-87-52-55-90-58-61-93-74-64-67(66-80)65-75(94-62-59-91-56-53-88-50-47-85-44-26-41-78(3,4)97(82,70-32-17-9-18-33-70)71-34-19-10-20-35-71)76(74)95-63-60-92-57-54-89-51-48-86-45-27-42-79(5,6)98(83,72-36-21-11-22-37-72)73-38-23-12-24-39-73/h7-24,28-39,64-65,80-83H,25-27,40-63,66H2,1-6H3. The van der Waals surface area contributed by atoms with E-state index in [-0.39, 0.29) is 61.4 Å². The highest BCUT2D eigenvalue weighted by Gasteiger charge is 2.52. The van der Waals surface area contributed by atoms with E-state index < -0.39 is 25.0 Å². The van der Waals surface area contributed by atoms with Gasteiger partial charge in [-0.2, -0.15) is 0 Å². The molecule has 0 radical (unpaired) electrons. The van der Waals surface area contributed by atoms with Gasteiger partial charge in [0, 0.05) is 19.8 Å². The third-order valence-corrected chi connectivity index (χ3v) is 31.9. The lowest BCUT2D eigenvalue weighted by atomic mass is 10.1. The Kier molecular flexibility index (Phi) is 34.3. The first kappa shape index (κ1) is 79.4. The van der Waals surface area contributed by atoms with Crippen molar-refractivity contribution in [1.29, 1.82) is 0 Å². The molecule has 0 bridgehead atoms. The Balaban J connectivity index is 0.793. The van der Waals surface area contributed by atoms with E-state index in [9.17, 15) is 19.5 Å². The summed E-state index contributed by atoms with van der Waals surface area (Å²) < 4.78 is 71.8. The van der Waals surface area contributed by atoms with E-state index in [4.69, 9.17) is 56.8 Å². The Morgan fingerprint density at radius 3 is 0.673 bits per heavy atom. The van der Waals surface area contributed by atoms with Gasteiger partial charge in [0.1, 0.15) is 19.8 Å². The highest BCUT2D eigenvalue weighted by Crippen LogP contribution is 2.43. The fraction of sp³-hybridized carbons (Fsp3) is 0.468. The lowest BCUT2D eigenvalue weighted by Crippen LogP contribution is -2.65. The van der Waals surface area contributed by atoms with Crippen LogP contribution in [-0.2, 0) is 49.2 Å². The summed E-state index contributed by atoms with van der Waals surface area (Å²) in [5, 5.41) is 15.3. The molecule has 16 nitrogen and oxygen atoms in total. The lowest BCUT2D eigenvalue weighted by molar-refractivity contribution is 0.00607. The second-order valence-electron chi connectivity index (χ2n) is 26.4. The number of aliphatic hydroxyl groups is 1. The van der Waals surface area contributed by atoms with Crippen LogP contribution in [0.5, 0.6) is 17.2 Å². The maximum absolute atomic E-state index is 12.5. The predicted molar refractivity (Wildman–Crippen MR) is 396 cm³/mol. The topological polar surface area (TPSA) is 192 Å². The summed E-state index contributed by atoms with van der Waals surface area (Å²) >= 11 is 0. The van der Waals surface area contributed by atoms with Crippen molar-refractivity contribution in [2.75, 3.05) is 139 Å². The van der Waals surface area contributed by atoms with E-state index in [2.05, 4.69) is 114 Å². The van der Waals surface area contributed by atoms with Gasteiger partial charge in [0.05, 0.1) is 106 Å². The van der Waals surface area contributed by atoms with Gasteiger partial charge >= 0.3 is 0 Å². The number of rotatable bonds is 52. The molecular formula is C79H110O16Si3. The van der Waals surface area contributed by atoms with Gasteiger partial charge in [0.15, 0.2) is 11.5 Å². The molecule has 7 aromatic carbocycles. The second kappa shape index (κ2) is 42.4. The van der Waals surface area contributed by atoms with Crippen LogP contribution in [0.15, 0.2) is 194 Å². The van der Waals surface area contributed by atoms with Crippen LogP contribution in [-0.4, -0.2) is 183 Å². The van der Waals surface area contributed by atoms with Crippen molar-refractivity contribution in [3.05, 3.63) is 200 Å². The molecule has 0 aliphatic heterocycles. The summed E-state index contributed by atoms with van der Waals surface area (Å²) in [4.78, 5) is 37.4. The minimum absolute atomic E-state index is 0.184. The molecule has 0 aliphatic rings. The molecule has 0 saturated carbocycles. The van der Waals surface area contributed by atoms with Crippen LogP contribution in [0, 0.1) is 0 Å². The number of ether oxygens (including phenoxy) is 12. The van der Waals surface area contributed by atoms with E-state index in [1.807, 2.05) is 109 Å². The molecule has 0 heterocycles. The van der Waals surface area contributed by atoms with Gasteiger partial charge in [-0.05, 0) is 102 Å². The molecule has 0 atom stereocenters. The summed E-state index contributed by atoms with van der Waals surface area (Å²) in [5.74, 6) is 1.14. The number of hydrogen-bond acceptors (Lipinski definition) is 16. The highest BCUT2D eigenvalue weighted by molar-refractivity contribution is 6.99. The molecule has 4 N–H and O–H groups in total. The Hall–Kier alpha value is -5.93. The zero-order valence-electron chi connectivity index (χ0n) is 59.0. The van der Waals surface area contributed by atoms with Crippen LogP contribution in [0.4, 0.5) is 0 Å². The first-order chi connectivity index (χ1) is 47.6. The average molecular weight is 1400 g/mol. The zero-order valence-corrected chi connectivity index (χ0v) is 62.0. The molecule has 0 unspecified atom stereocenters. The third-order valence-electron chi connectivity index (χ3n) is 18.3. The number of benzene rings is 7. The maximum Gasteiger partial charge on any atom is 0.258 e. The minimum atomic E-state index is -3.08. The number of aliphatic hydroxyl groups excluding tert-OH is 1. The van der Waals surface area contributed by atoms with E-state index in [1.54, 1.807) is 12.1 Å². The van der Waals surface area contributed by atoms with Crippen molar-refractivity contribution in [3.8, 4) is 17.2 Å². The zero-order chi connectivity index (χ0) is 69.7. The first-order valence-corrected chi connectivity index (χ1v) is 40.8. The summed E-state index contributed by atoms with van der Waals surface area (Å²) in [6.07, 6.45) is 4.84. The Bertz CT molecular complexity index is 2960. The molecular weight excluding hydrogens is 1290 g/mol. The van der Waals surface area contributed by atoms with Gasteiger partial charge in [-0.3, -0.25) is 0 Å². The van der Waals surface area contributed by atoms with E-state index >= 15 is 0 Å². The molecule has 0 spiro atoms. The molecule has 0 fully saturated rings. The van der Waals surface area contributed by atoms with Gasteiger partial charge in [-0.25, -0.2) is 0 Å². The molecule has 534 valence electrons. The van der Waals surface area contributed by atoms with Crippen LogP contribution >= 0.6 is 0 Å². The van der Waals surface area contributed by atoms with Crippen molar-refractivity contribution in [3.63, 3.8) is 0 Å². The highest BCUT2D eigenvalue weighted by atomic mass is 28.4. The second-order valence-corrected chi connectivity index (χ2v) is 38.2. The van der Waals surface area contributed by atoms with Crippen molar-refractivity contribution >= 4 is 56.1 Å². The Labute approximate surface area is 586 Å². The molecule has 0 amide bonds. The largest absolute Gasteiger partial charge is 0.487 e. The molecule has 19 heteroatoms. The van der Waals surface area contributed by atoms with Crippen molar-refractivity contribution < 1.29 is 76.3 Å². The van der Waals surface area contributed by atoms with Crippen LogP contribution < -0.4 is 45.3 Å². The number of hydrogen-bond donors (Lipinski definition) is 4. The van der Waals surface area contributed by atoms with E-state index in [0.717, 1.165) is 69.6 Å². The first-order valence-electron chi connectivity index (χ1n) is 34.9. The van der Waals surface area contributed by atoms with Gasteiger partial charge in [-0.15, -0.1) is 0 Å². The molecule has 7 rings (SSSR count). The monoisotopic (exact) mass is 1400 g/mol. The molecule has 0 saturated heterocycles.